The molecule has 0 bridgehead atoms. The summed E-state index contributed by atoms with van der Waals surface area (Å²) in [6.07, 6.45) is 2.09. The summed E-state index contributed by atoms with van der Waals surface area (Å²) in [5.74, 6) is 0. The van der Waals surface area contributed by atoms with Gasteiger partial charge in [-0.15, -0.1) is 0 Å². The second kappa shape index (κ2) is 8.67. The summed E-state index contributed by atoms with van der Waals surface area (Å²) in [4.78, 5) is 0. The number of aryl methyl sites for hydroxylation is 1. The van der Waals surface area contributed by atoms with Gasteiger partial charge in [0.15, 0.2) is 0 Å². The van der Waals surface area contributed by atoms with Crippen molar-refractivity contribution >= 4 is 0 Å². The van der Waals surface area contributed by atoms with Crippen molar-refractivity contribution < 1.29 is 43.5 Å². The molecule has 1 aromatic rings. The summed E-state index contributed by atoms with van der Waals surface area (Å²) >= 11 is 0. The molecule has 0 unspecified atom stereocenters. The normalized spacial score (nSPS) is 7.73. The maximum atomic E-state index is 3.78. The fourth-order valence-electron chi connectivity index (χ4n) is 0.849. The molecule has 0 nitrogen and oxygen atoms in total. The zero-order valence-corrected chi connectivity index (χ0v) is 11.7. The fraction of sp³-hybridized carbons (Fsp3) is 0.222. The van der Waals surface area contributed by atoms with Crippen LogP contribution in [0.4, 0.5) is 0 Å². The molecule has 0 saturated heterocycles. The molecule has 0 N–H and O–H groups in total. The van der Waals surface area contributed by atoms with Crippen LogP contribution in [0.3, 0.4) is 0 Å². The molecule has 1 aromatic carbocycles. The maximum Gasteiger partial charge on any atom is 2.00 e. The third-order valence-electron chi connectivity index (χ3n) is 1.31. The second-order valence-electron chi connectivity index (χ2n) is 2.09. The number of halogens is 1. The van der Waals surface area contributed by atoms with Gasteiger partial charge < -0.3 is 30.9 Å². The van der Waals surface area contributed by atoms with Gasteiger partial charge >= 0.3 is 19.5 Å². The monoisotopic (exact) mass is 310 g/mol. The van der Waals surface area contributed by atoms with E-state index < -0.39 is 0 Å². The number of rotatable bonds is 2. The third-order valence-corrected chi connectivity index (χ3v) is 1.31. The summed E-state index contributed by atoms with van der Waals surface area (Å²) in [6, 6.07) is 10.4. The molecule has 0 aromatic heterocycles. The van der Waals surface area contributed by atoms with Crippen LogP contribution in [0.2, 0.25) is 0 Å². The zero-order chi connectivity index (χ0) is 6.53. The van der Waals surface area contributed by atoms with Crippen LogP contribution in [0.25, 0.3) is 0 Å². The van der Waals surface area contributed by atoms with E-state index in [0.717, 1.165) is 12.8 Å². The first-order valence-corrected chi connectivity index (χ1v) is 3.26. The SMILES string of the molecule is [CH2-]CCc1ccccc1.[I-].[Zn+2]. The van der Waals surface area contributed by atoms with Crippen molar-refractivity contribution in [3.63, 3.8) is 0 Å². The van der Waals surface area contributed by atoms with Crippen molar-refractivity contribution in [3.05, 3.63) is 42.8 Å². The Balaban J connectivity index is 0. The topological polar surface area (TPSA) is 0 Å². The van der Waals surface area contributed by atoms with Gasteiger partial charge in [0, 0.05) is 0 Å². The average molecular weight is 311 g/mol. The van der Waals surface area contributed by atoms with E-state index in [1.165, 1.54) is 5.56 Å². The van der Waals surface area contributed by atoms with Crippen LogP contribution < -0.4 is 24.0 Å². The quantitative estimate of drug-likeness (QED) is 0.391. The van der Waals surface area contributed by atoms with Gasteiger partial charge in [-0.25, -0.2) is 0 Å². The second-order valence-corrected chi connectivity index (χ2v) is 2.09. The summed E-state index contributed by atoms with van der Waals surface area (Å²) in [7, 11) is 0. The Hall–Kier alpha value is 0.573. The molecular weight excluding hydrogens is 300 g/mol. The molecule has 0 heterocycles. The van der Waals surface area contributed by atoms with E-state index in [0.29, 0.717) is 0 Å². The predicted octanol–water partition coefficient (Wildman–Crippen LogP) is -0.545. The summed E-state index contributed by atoms with van der Waals surface area (Å²) < 4.78 is 0. The largest absolute Gasteiger partial charge is 2.00 e. The molecule has 0 aliphatic carbocycles. The fourth-order valence-corrected chi connectivity index (χ4v) is 0.849. The molecule has 0 fully saturated rings. The van der Waals surface area contributed by atoms with E-state index >= 15 is 0 Å². The predicted molar refractivity (Wildman–Crippen MR) is 40.1 cm³/mol. The summed E-state index contributed by atoms with van der Waals surface area (Å²) in [6.45, 7) is 3.78. The smallest absolute Gasteiger partial charge is 1.00 e. The Morgan fingerprint density at radius 2 is 1.64 bits per heavy atom. The number of hydrogen-bond donors (Lipinski definition) is 0. The third kappa shape index (κ3) is 5.80. The average Bonchev–Trinajstić information content (AvgIpc) is 1.91. The number of hydrogen-bond acceptors (Lipinski definition) is 0. The Morgan fingerprint density at radius 3 is 2.09 bits per heavy atom. The van der Waals surface area contributed by atoms with Gasteiger partial charge in [-0.1, -0.05) is 42.3 Å². The molecule has 0 spiro atoms. The summed E-state index contributed by atoms with van der Waals surface area (Å²) in [5, 5.41) is 0. The molecule has 1 rings (SSSR count). The van der Waals surface area contributed by atoms with Gasteiger partial charge in [-0.2, -0.15) is 6.42 Å². The minimum atomic E-state index is 0. The molecule has 0 aliphatic rings. The Bertz CT molecular complexity index is 162. The molecule has 0 aliphatic heterocycles. The van der Waals surface area contributed by atoms with Gasteiger partial charge in [-0.05, 0) is 0 Å². The molecule has 11 heavy (non-hydrogen) atoms. The Kier molecular flexibility index (Phi) is 11.1. The van der Waals surface area contributed by atoms with E-state index in [2.05, 4.69) is 31.2 Å². The molecule has 56 valence electrons. The van der Waals surface area contributed by atoms with Crippen LogP contribution in [-0.2, 0) is 25.9 Å². The first kappa shape index (κ1) is 14.1. The van der Waals surface area contributed by atoms with Crippen molar-refractivity contribution in [1.82, 2.24) is 0 Å². The van der Waals surface area contributed by atoms with Crippen molar-refractivity contribution in [3.8, 4) is 0 Å². The Morgan fingerprint density at radius 1 is 1.09 bits per heavy atom. The molecular formula is C9H11IZn. The standard InChI is InChI=1S/C9H11.HI.Zn/c1-2-6-9-7-4-3-5-8-9;;/h3-5,7-8H,1-2,6H2;1H;/q-1;;+2/p-1. The first-order valence-electron chi connectivity index (χ1n) is 3.26. The van der Waals surface area contributed by atoms with E-state index in [4.69, 9.17) is 0 Å². The first-order chi connectivity index (χ1) is 4.43. The van der Waals surface area contributed by atoms with E-state index in [9.17, 15) is 0 Å². The van der Waals surface area contributed by atoms with Crippen molar-refractivity contribution in [2.45, 2.75) is 12.8 Å². The van der Waals surface area contributed by atoms with Gasteiger partial charge in [-0.3, -0.25) is 0 Å². The van der Waals surface area contributed by atoms with Crippen LogP contribution in [0.15, 0.2) is 30.3 Å². The van der Waals surface area contributed by atoms with Crippen molar-refractivity contribution in [1.29, 1.82) is 0 Å². The molecule has 0 atom stereocenters. The van der Waals surface area contributed by atoms with E-state index in [-0.39, 0.29) is 43.5 Å². The van der Waals surface area contributed by atoms with Gasteiger partial charge in [0.05, 0.1) is 0 Å². The van der Waals surface area contributed by atoms with Crippen molar-refractivity contribution in [2.75, 3.05) is 0 Å². The number of benzene rings is 1. The van der Waals surface area contributed by atoms with Crippen LogP contribution in [0.5, 0.6) is 0 Å². The van der Waals surface area contributed by atoms with E-state index in [1.807, 2.05) is 6.07 Å². The molecule has 0 saturated carbocycles. The Labute approximate surface area is 98.6 Å². The van der Waals surface area contributed by atoms with Gasteiger partial charge in [0.1, 0.15) is 0 Å². The van der Waals surface area contributed by atoms with Gasteiger partial charge in [0.25, 0.3) is 0 Å². The molecule has 0 radical (unpaired) electrons. The minimum Gasteiger partial charge on any atom is -1.00 e. The summed E-state index contributed by atoms with van der Waals surface area (Å²) in [5.41, 5.74) is 1.38. The minimum absolute atomic E-state index is 0. The molecule has 2 heteroatoms. The van der Waals surface area contributed by atoms with Crippen LogP contribution in [-0.4, -0.2) is 0 Å². The van der Waals surface area contributed by atoms with Crippen molar-refractivity contribution in [2.24, 2.45) is 0 Å². The van der Waals surface area contributed by atoms with Gasteiger partial charge in [0.2, 0.25) is 0 Å². The maximum absolute atomic E-state index is 3.78. The van der Waals surface area contributed by atoms with E-state index in [1.54, 1.807) is 0 Å². The van der Waals surface area contributed by atoms with Crippen LogP contribution >= 0.6 is 0 Å². The molecule has 0 amide bonds. The van der Waals surface area contributed by atoms with Crippen LogP contribution in [0.1, 0.15) is 12.0 Å². The zero-order valence-electron chi connectivity index (χ0n) is 6.59. The van der Waals surface area contributed by atoms with Crippen LogP contribution in [0, 0.1) is 6.92 Å².